The SMILES string of the molecule is Nc1nc(N)c(COC=O)nc1Br. The molecule has 0 aliphatic carbocycles. The number of ether oxygens (including phenoxy) is 1. The molecular formula is C6H7BrN4O2. The normalized spacial score (nSPS) is 9.62. The van der Waals surface area contributed by atoms with Crippen LogP contribution in [0.25, 0.3) is 0 Å². The molecule has 70 valence electrons. The van der Waals surface area contributed by atoms with E-state index in [0.717, 1.165) is 0 Å². The Hall–Kier alpha value is -1.37. The molecule has 0 amide bonds. The number of nitrogens with zero attached hydrogens (tertiary/aromatic N) is 2. The van der Waals surface area contributed by atoms with Crippen LogP contribution in [0.2, 0.25) is 0 Å². The number of carbonyl (C=O) groups excluding carboxylic acids is 1. The third kappa shape index (κ3) is 2.28. The highest BCUT2D eigenvalue weighted by atomic mass is 79.9. The second kappa shape index (κ2) is 4.04. The summed E-state index contributed by atoms with van der Waals surface area (Å²) >= 11 is 3.07. The smallest absolute Gasteiger partial charge is 0.293 e. The number of carbonyl (C=O) groups is 1. The molecule has 0 saturated carbocycles. The van der Waals surface area contributed by atoms with Crippen LogP contribution in [0.3, 0.4) is 0 Å². The summed E-state index contributed by atoms with van der Waals surface area (Å²) in [5.74, 6) is 0.356. The Morgan fingerprint density at radius 1 is 1.38 bits per heavy atom. The number of hydrogen-bond donors (Lipinski definition) is 2. The summed E-state index contributed by atoms with van der Waals surface area (Å²) in [5.41, 5.74) is 11.2. The van der Waals surface area contributed by atoms with Gasteiger partial charge in [-0.15, -0.1) is 0 Å². The molecule has 1 aromatic rings. The van der Waals surface area contributed by atoms with Crippen molar-refractivity contribution in [3.05, 3.63) is 10.3 Å². The van der Waals surface area contributed by atoms with E-state index in [1.165, 1.54) is 0 Å². The predicted molar refractivity (Wildman–Crippen MR) is 49.4 cm³/mol. The molecule has 7 heteroatoms. The predicted octanol–water partition coefficient (Wildman–Crippen LogP) is 0.0765. The Bertz CT molecular complexity index is 331. The third-order valence-electron chi connectivity index (χ3n) is 1.27. The van der Waals surface area contributed by atoms with Crippen molar-refractivity contribution in [1.82, 2.24) is 9.97 Å². The average molecular weight is 247 g/mol. The highest BCUT2D eigenvalue weighted by Crippen LogP contribution is 2.18. The number of nitrogen functional groups attached to an aromatic ring is 2. The van der Waals surface area contributed by atoms with Crippen molar-refractivity contribution in [3.63, 3.8) is 0 Å². The largest absolute Gasteiger partial charge is 0.461 e. The van der Waals surface area contributed by atoms with Gasteiger partial charge in [-0.05, 0) is 15.9 Å². The van der Waals surface area contributed by atoms with Gasteiger partial charge in [0.15, 0.2) is 11.6 Å². The maximum Gasteiger partial charge on any atom is 0.293 e. The Morgan fingerprint density at radius 2 is 2.08 bits per heavy atom. The van der Waals surface area contributed by atoms with Gasteiger partial charge in [0.05, 0.1) is 0 Å². The fourth-order valence-corrected chi connectivity index (χ4v) is 0.995. The zero-order valence-electron chi connectivity index (χ0n) is 6.53. The van der Waals surface area contributed by atoms with E-state index in [1.807, 2.05) is 0 Å². The number of halogens is 1. The summed E-state index contributed by atoms with van der Waals surface area (Å²) in [5, 5.41) is 0. The Morgan fingerprint density at radius 3 is 2.69 bits per heavy atom. The van der Waals surface area contributed by atoms with E-state index in [4.69, 9.17) is 11.5 Å². The van der Waals surface area contributed by atoms with Crippen molar-refractivity contribution in [3.8, 4) is 0 Å². The van der Waals surface area contributed by atoms with E-state index in [9.17, 15) is 4.79 Å². The Labute approximate surface area is 82.4 Å². The van der Waals surface area contributed by atoms with Crippen molar-refractivity contribution in [2.45, 2.75) is 6.61 Å². The monoisotopic (exact) mass is 246 g/mol. The van der Waals surface area contributed by atoms with E-state index in [1.54, 1.807) is 0 Å². The molecule has 0 bridgehead atoms. The van der Waals surface area contributed by atoms with E-state index in [0.29, 0.717) is 16.8 Å². The minimum Gasteiger partial charge on any atom is -0.461 e. The first-order valence-corrected chi connectivity index (χ1v) is 4.07. The summed E-state index contributed by atoms with van der Waals surface area (Å²) in [6.07, 6.45) is 0. The van der Waals surface area contributed by atoms with Gasteiger partial charge < -0.3 is 16.2 Å². The minimum atomic E-state index is -0.0127. The lowest BCUT2D eigenvalue weighted by Crippen LogP contribution is -2.06. The standard InChI is InChI=1S/C6H7BrN4O2/c7-4-6(9)11-5(8)3(10-4)1-13-2-12/h2H,1H2,(H4,8,9,11). The van der Waals surface area contributed by atoms with Crippen LogP contribution in [-0.2, 0) is 16.1 Å². The quantitative estimate of drug-likeness (QED) is 0.732. The van der Waals surface area contributed by atoms with Crippen molar-refractivity contribution in [2.24, 2.45) is 0 Å². The summed E-state index contributed by atoms with van der Waals surface area (Å²) in [7, 11) is 0. The van der Waals surface area contributed by atoms with Crippen LogP contribution in [0, 0.1) is 0 Å². The fraction of sp³-hybridized carbons (Fsp3) is 0.167. The van der Waals surface area contributed by atoms with Gasteiger partial charge in [0, 0.05) is 0 Å². The van der Waals surface area contributed by atoms with Crippen LogP contribution < -0.4 is 11.5 Å². The summed E-state index contributed by atoms with van der Waals surface area (Å²) in [6.45, 7) is 0.298. The zero-order chi connectivity index (χ0) is 9.84. The summed E-state index contributed by atoms with van der Waals surface area (Å²) in [6, 6.07) is 0. The van der Waals surface area contributed by atoms with Gasteiger partial charge >= 0.3 is 0 Å². The number of aromatic nitrogens is 2. The Balaban J connectivity index is 2.94. The van der Waals surface area contributed by atoms with Crippen LogP contribution in [0.1, 0.15) is 5.69 Å². The van der Waals surface area contributed by atoms with Gasteiger partial charge in [0.2, 0.25) is 0 Å². The van der Waals surface area contributed by atoms with Crippen LogP contribution in [0.5, 0.6) is 0 Å². The molecule has 1 aromatic heterocycles. The van der Waals surface area contributed by atoms with Crippen molar-refractivity contribution in [2.75, 3.05) is 11.5 Å². The average Bonchev–Trinajstić information content (AvgIpc) is 2.09. The fourth-order valence-electron chi connectivity index (χ4n) is 0.693. The second-order valence-electron chi connectivity index (χ2n) is 2.14. The first kappa shape index (κ1) is 9.72. The lowest BCUT2D eigenvalue weighted by atomic mass is 10.4. The molecular weight excluding hydrogens is 240 g/mol. The molecule has 0 fully saturated rings. The van der Waals surface area contributed by atoms with E-state index < -0.39 is 0 Å². The first-order valence-electron chi connectivity index (χ1n) is 3.27. The van der Waals surface area contributed by atoms with Gasteiger partial charge in [-0.3, -0.25) is 4.79 Å². The van der Waals surface area contributed by atoms with Gasteiger partial charge in [0.25, 0.3) is 6.47 Å². The molecule has 0 aromatic carbocycles. The second-order valence-corrected chi connectivity index (χ2v) is 2.89. The maximum absolute atomic E-state index is 9.89. The lowest BCUT2D eigenvalue weighted by Gasteiger charge is -2.04. The summed E-state index contributed by atoms with van der Waals surface area (Å²) in [4.78, 5) is 17.6. The number of rotatable bonds is 3. The Kier molecular flexibility index (Phi) is 3.02. The van der Waals surface area contributed by atoms with Crippen molar-refractivity contribution < 1.29 is 9.53 Å². The van der Waals surface area contributed by atoms with Gasteiger partial charge in [-0.2, -0.15) is 0 Å². The molecule has 0 radical (unpaired) electrons. The maximum atomic E-state index is 9.89. The lowest BCUT2D eigenvalue weighted by molar-refractivity contribution is -0.129. The van der Waals surface area contributed by atoms with Gasteiger partial charge in [-0.25, -0.2) is 9.97 Å². The first-order chi connectivity index (χ1) is 6.15. The van der Waals surface area contributed by atoms with E-state index in [-0.39, 0.29) is 18.2 Å². The van der Waals surface area contributed by atoms with E-state index in [2.05, 4.69) is 30.6 Å². The topological polar surface area (TPSA) is 104 Å². The highest BCUT2D eigenvalue weighted by Gasteiger charge is 2.07. The summed E-state index contributed by atoms with van der Waals surface area (Å²) < 4.78 is 4.85. The third-order valence-corrected chi connectivity index (χ3v) is 1.85. The number of anilines is 2. The molecule has 1 rings (SSSR count). The molecule has 0 unspecified atom stereocenters. The molecule has 0 saturated heterocycles. The van der Waals surface area contributed by atoms with Gasteiger partial charge in [-0.1, -0.05) is 0 Å². The van der Waals surface area contributed by atoms with Crippen molar-refractivity contribution in [1.29, 1.82) is 0 Å². The molecule has 4 N–H and O–H groups in total. The highest BCUT2D eigenvalue weighted by molar-refractivity contribution is 9.10. The molecule has 13 heavy (non-hydrogen) atoms. The van der Waals surface area contributed by atoms with Crippen LogP contribution in [0.4, 0.5) is 11.6 Å². The molecule has 0 spiro atoms. The minimum absolute atomic E-state index is 0.0127. The van der Waals surface area contributed by atoms with E-state index >= 15 is 0 Å². The van der Waals surface area contributed by atoms with Crippen molar-refractivity contribution >= 4 is 34.0 Å². The van der Waals surface area contributed by atoms with Crippen LogP contribution in [-0.4, -0.2) is 16.4 Å². The molecule has 0 atom stereocenters. The zero-order valence-corrected chi connectivity index (χ0v) is 8.11. The van der Waals surface area contributed by atoms with Crippen LogP contribution >= 0.6 is 15.9 Å². The van der Waals surface area contributed by atoms with Gasteiger partial charge in [0.1, 0.15) is 16.9 Å². The molecule has 6 nitrogen and oxygen atoms in total. The molecule has 1 heterocycles. The van der Waals surface area contributed by atoms with Crippen LogP contribution in [0.15, 0.2) is 4.60 Å². The number of nitrogens with two attached hydrogens (primary N) is 2. The molecule has 0 aliphatic rings. The molecule has 0 aliphatic heterocycles. The number of hydrogen-bond acceptors (Lipinski definition) is 6.